The second-order valence-corrected chi connectivity index (χ2v) is 5.18. The molecule has 17 heavy (non-hydrogen) atoms. The summed E-state index contributed by atoms with van der Waals surface area (Å²) in [6.45, 7) is 2.20. The SMILES string of the molecule is O=C(O)N1CC[C@@]2(C1)OCCn1nc(Br)cc12. The largest absolute Gasteiger partial charge is 0.465 e. The lowest BCUT2D eigenvalue weighted by Crippen LogP contribution is -2.41. The Morgan fingerprint density at radius 2 is 2.41 bits per heavy atom. The third kappa shape index (κ3) is 1.64. The number of amides is 1. The zero-order chi connectivity index (χ0) is 12.0. The molecule has 0 radical (unpaired) electrons. The zero-order valence-electron chi connectivity index (χ0n) is 9.10. The average molecular weight is 302 g/mol. The maximum absolute atomic E-state index is 11.0. The standard InChI is InChI=1S/C10H12BrN3O3/c11-8-5-7-10(17-4-3-14(7)12-8)1-2-13(6-10)9(15)16/h5H,1-4,6H2,(H,15,16)/t10-/m0/s1. The Balaban J connectivity index is 1.97. The van der Waals surface area contributed by atoms with Crippen LogP contribution in [0.3, 0.4) is 0 Å². The zero-order valence-corrected chi connectivity index (χ0v) is 10.7. The molecule has 1 atom stereocenters. The Hall–Kier alpha value is -1.08. The van der Waals surface area contributed by atoms with Gasteiger partial charge in [-0.1, -0.05) is 0 Å². The number of fused-ring (bicyclic) bond motifs is 2. The van der Waals surface area contributed by atoms with E-state index < -0.39 is 11.7 Å². The third-order valence-corrected chi connectivity index (χ3v) is 3.79. The molecule has 3 heterocycles. The van der Waals surface area contributed by atoms with Gasteiger partial charge in [0.1, 0.15) is 10.2 Å². The van der Waals surface area contributed by atoms with E-state index in [1.165, 1.54) is 4.90 Å². The van der Waals surface area contributed by atoms with Crippen LogP contribution in [-0.2, 0) is 16.9 Å². The summed E-state index contributed by atoms with van der Waals surface area (Å²) in [6, 6.07) is 1.92. The van der Waals surface area contributed by atoms with Crippen molar-refractivity contribution in [2.24, 2.45) is 0 Å². The van der Waals surface area contributed by atoms with Crippen molar-refractivity contribution in [1.29, 1.82) is 0 Å². The minimum atomic E-state index is -0.888. The van der Waals surface area contributed by atoms with E-state index in [1.54, 1.807) is 0 Å². The molecule has 0 bridgehead atoms. The highest BCUT2D eigenvalue weighted by Gasteiger charge is 2.46. The molecule has 2 aliphatic heterocycles. The molecule has 0 aliphatic carbocycles. The number of likely N-dealkylation sites (tertiary alicyclic amines) is 1. The molecule has 6 nitrogen and oxygen atoms in total. The van der Waals surface area contributed by atoms with Crippen LogP contribution in [0.1, 0.15) is 12.1 Å². The molecule has 92 valence electrons. The normalized spacial score (nSPS) is 27.5. The molecular formula is C10H12BrN3O3. The number of nitrogens with zero attached hydrogens (tertiary/aromatic N) is 3. The van der Waals surface area contributed by atoms with Gasteiger partial charge in [-0.2, -0.15) is 5.10 Å². The fourth-order valence-electron chi connectivity index (χ4n) is 2.60. The highest BCUT2D eigenvalue weighted by atomic mass is 79.9. The third-order valence-electron chi connectivity index (χ3n) is 3.40. The minimum Gasteiger partial charge on any atom is -0.465 e. The van der Waals surface area contributed by atoms with Gasteiger partial charge in [0.2, 0.25) is 0 Å². The number of carboxylic acid groups (broad SMARTS) is 1. The van der Waals surface area contributed by atoms with Crippen LogP contribution in [-0.4, -0.2) is 45.6 Å². The molecule has 1 aromatic heterocycles. The molecule has 1 spiro atoms. The van der Waals surface area contributed by atoms with Gasteiger partial charge in [0.15, 0.2) is 0 Å². The monoisotopic (exact) mass is 301 g/mol. The predicted molar refractivity (Wildman–Crippen MR) is 61.8 cm³/mol. The van der Waals surface area contributed by atoms with E-state index >= 15 is 0 Å². The first kappa shape index (κ1) is 11.0. The molecule has 7 heteroatoms. The van der Waals surface area contributed by atoms with Crippen molar-refractivity contribution in [2.45, 2.75) is 18.6 Å². The van der Waals surface area contributed by atoms with Crippen LogP contribution in [0, 0.1) is 0 Å². The maximum Gasteiger partial charge on any atom is 0.407 e. The number of aromatic nitrogens is 2. The summed E-state index contributed by atoms with van der Waals surface area (Å²) >= 11 is 3.35. The smallest absolute Gasteiger partial charge is 0.407 e. The van der Waals surface area contributed by atoms with E-state index in [0.29, 0.717) is 26.1 Å². The number of rotatable bonds is 0. The molecule has 1 aromatic rings. The summed E-state index contributed by atoms with van der Waals surface area (Å²) in [5.74, 6) is 0. The molecule has 0 saturated carbocycles. The van der Waals surface area contributed by atoms with E-state index in [1.807, 2.05) is 10.7 Å². The van der Waals surface area contributed by atoms with E-state index in [2.05, 4.69) is 21.0 Å². The van der Waals surface area contributed by atoms with Gasteiger partial charge in [0.25, 0.3) is 0 Å². The van der Waals surface area contributed by atoms with Crippen molar-refractivity contribution in [3.05, 3.63) is 16.4 Å². The Labute approximate surface area is 106 Å². The highest BCUT2D eigenvalue weighted by molar-refractivity contribution is 9.10. The van der Waals surface area contributed by atoms with Gasteiger partial charge in [-0.05, 0) is 22.0 Å². The fourth-order valence-corrected chi connectivity index (χ4v) is 3.00. The lowest BCUT2D eigenvalue weighted by Gasteiger charge is -2.33. The van der Waals surface area contributed by atoms with Gasteiger partial charge in [-0.25, -0.2) is 4.79 Å². The number of ether oxygens (including phenoxy) is 1. The van der Waals surface area contributed by atoms with Gasteiger partial charge in [-0.15, -0.1) is 0 Å². The number of hydrogen-bond acceptors (Lipinski definition) is 3. The molecule has 3 rings (SSSR count). The first-order chi connectivity index (χ1) is 8.11. The Morgan fingerprint density at radius 3 is 3.12 bits per heavy atom. The molecule has 0 unspecified atom stereocenters. The number of hydrogen-bond donors (Lipinski definition) is 1. The van der Waals surface area contributed by atoms with E-state index in [0.717, 1.165) is 16.8 Å². The van der Waals surface area contributed by atoms with E-state index in [-0.39, 0.29) is 0 Å². The van der Waals surface area contributed by atoms with E-state index in [4.69, 9.17) is 9.84 Å². The van der Waals surface area contributed by atoms with Gasteiger partial charge < -0.3 is 14.7 Å². The van der Waals surface area contributed by atoms with Crippen molar-refractivity contribution in [3.63, 3.8) is 0 Å². The van der Waals surface area contributed by atoms with Crippen molar-refractivity contribution in [1.82, 2.24) is 14.7 Å². The van der Waals surface area contributed by atoms with Gasteiger partial charge >= 0.3 is 6.09 Å². The Bertz CT molecular complexity index is 475. The summed E-state index contributed by atoms with van der Waals surface area (Å²) in [7, 11) is 0. The van der Waals surface area contributed by atoms with Gasteiger partial charge in [0, 0.05) is 13.0 Å². The van der Waals surface area contributed by atoms with Crippen LogP contribution in [0.2, 0.25) is 0 Å². The summed E-state index contributed by atoms with van der Waals surface area (Å²) in [4.78, 5) is 12.4. The molecule has 1 saturated heterocycles. The quantitative estimate of drug-likeness (QED) is 0.783. The van der Waals surface area contributed by atoms with Crippen LogP contribution in [0.4, 0.5) is 4.79 Å². The molecule has 1 amide bonds. The minimum absolute atomic E-state index is 0.389. The van der Waals surface area contributed by atoms with Crippen molar-refractivity contribution < 1.29 is 14.6 Å². The van der Waals surface area contributed by atoms with Crippen LogP contribution < -0.4 is 0 Å². The predicted octanol–water partition coefficient (Wildman–Crippen LogP) is 1.25. The Morgan fingerprint density at radius 1 is 1.59 bits per heavy atom. The van der Waals surface area contributed by atoms with Crippen molar-refractivity contribution in [3.8, 4) is 0 Å². The molecule has 1 N–H and O–H groups in total. The topological polar surface area (TPSA) is 67.6 Å². The van der Waals surface area contributed by atoms with Crippen molar-refractivity contribution in [2.75, 3.05) is 19.7 Å². The van der Waals surface area contributed by atoms with Gasteiger partial charge in [-0.3, -0.25) is 4.68 Å². The summed E-state index contributed by atoms with van der Waals surface area (Å²) in [5.41, 5.74) is 0.467. The van der Waals surface area contributed by atoms with Crippen LogP contribution >= 0.6 is 15.9 Å². The molecule has 1 fully saturated rings. The summed E-state index contributed by atoms with van der Waals surface area (Å²) in [6.07, 6.45) is -0.196. The van der Waals surface area contributed by atoms with E-state index in [9.17, 15) is 4.79 Å². The second kappa shape index (κ2) is 3.71. The highest BCUT2D eigenvalue weighted by Crippen LogP contribution is 2.39. The first-order valence-electron chi connectivity index (χ1n) is 5.46. The average Bonchev–Trinajstić information content (AvgIpc) is 2.84. The number of halogens is 1. The Kier molecular flexibility index (Phi) is 2.41. The van der Waals surface area contributed by atoms with Crippen LogP contribution in [0.25, 0.3) is 0 Å². The summed E-state index contributed by atoms with van der Waals surface area (Å²) in [5, 5.41) is 13.3. The second-order valence-electron chi connectivity index (χ2n) is 4.37. The lowest BCUT2D eigenvalue weighted by atomic mass is 9.97. The van der Waals surface area contributed by atoms with Gasteiger partial charge in [0.05, 0.1) is 25.4 Å². The van der Waals surface area contributed by atoms with Crippen molar-refractivity contribution >= 4 is 22.0 Å². The van der Waals surface area contributed by atoms with Crippen LogP contribution in [0.15, 0.2) is 10.7 Å². The van der Waals surface area contributed by atoms with Crippen LogP contribution in [0.5, 0.6) is 0 Å². The molecule has 2 aliphatic rings. The lowest BCUT2D eigenvalue weighted by molar-refractivity contribution is -0.0709. The first-order valence-corrected chi connectivity index (χ1v) is 6.26. The summed E-state index contributed by atoms with van der Waals surface area (Å²) < 4.78 is 8.53. The molecular weight excluding hydrogens is 290 g/mol. The molecule has 0 aromatic carbocycles. The maximum atomic E-state index is 11.0. The fraction of sp³-hybridized carbons (Fsp3) is 0.600. The number of carbonyl (C=O) groups is 1.